The number of anilines is 1. The molecule has 1 rings (SSSR count). The Bertz CT molecular complexity index is 478. The molecule has 4 heteroatoms. The van der Waals surface area contributed by atoms with Crippen LogP contribution in [0.15, 0.2) is 18.2 Å². The lowest BCUT2D eigenvalue weighted by atomic mass is 9.92. The molecule has 0 radical (unpaired) electrons. The normalized spacial score (nSPS) is 11.1. The topological polar surface area (TPSA) is 47.6 Å². The third kappa shape index (κ3) is 6.83. The lowest BCUT2D eigenvalue weighted by Crippen LogP contribution is -2.19. The summed E-state index contributed by atoms with van der Waals surface area (Å²) in [5.41, 5.74) is 0.708. The molecule has 0 aliphatic rings. The highest BCUT2D eigenvalue weighted by Crippen LogP contribution is 2.31. The van der Waals surface area contributed by atoms with Crippen LogP contribution in [0, 0.1) is 5.41 Å². The van der Waals surface area contributed by atoms with Crippen molar-refractivity contribution in [2.75, 3.05) is 18.5 Å². The van der Waals surface area contributed by atoms with E-state index in [0.29, 0.717) is 25.4 Å². The van der Waals surface area contributed by atoms with Crippen LogP contribution in [-0.4, -0.2) is 19.1 Å². The van der Waals surface area contributed by atoms with E-state index < -0.39 is 0 Å². The Labute approximate surface area is 134 Å². The van der Waals surface area contributed by atoms with Crippen LogP contribution in [0.4, 0.5) is 5.69 Å². The number of ether oxygens (including phenoxy) is 2. The molecule has 4 nitrogen and oxygen atoms in total. The number of nitrogens with one attached hydrogen (secondary N) is 1. The number of amides is 1. The second-order valence-electron chi connectivity index (χ2n) is 6.64. The molecule has 0 aliphatic heterocycles. The van der Waals surface area contributed by atoms with E-state index in [1.807, 2.05) is 39.0 Å². The van der Waals surface area contributed by atoms with E-state index in [1.54, 1.807) is 0 Å². The number of carbonyl (C=O) groups is 1. The molecule has 1 amide bonds. The van der Waals surface area contributed by atoms with Crippen molar-refractivity contribution in [3.05, 3.63) is 18.2 Å². The quantitative estimate of drug-likeness (QED) is 0.761. The van der Waals surface area contributed by atoms with Crippen LogP contribution in [0.1, 0.15) is 53.9 Å². The van der Waals surface area contributed by atoms with E-state index in [4.69, 9.17) is 9.47 Å². The van der Waals surface area contributed by atoms with Gasteiger partial charge in [-0.3, -0.25) is 4.79 Å². The Kier molecular flexibility index (Phi) is 7.22. The van der Waals surface area contributed by atoms with Crippen LogP contribution >= 0.6 is 0 Å². The minimum Gasteiger partial charge on any atom is -0.490 e. The summed E-state index contributed by atoms with van der Waals surface area (Å²) >= 11 is 0. The molecule has 1 aromatic carbocycles. The minimum atomic E-state index is -0.0319. The van der Waals surface area contributed by atoms with Crippen LogP contribution < -0.4 is 14.8 Å². The van der Waals surface area contributed by atoms with E-state index in [9.17, 15) is 4.79 Å². The van der Waals surface area contributed by atoms with Crippen LogP contribution in [0.2, 0.25) is 0 Å². The van der Waals surface area contributed by atoms with Gasteiger partial charge in [0.2, 0.25) is 5.91 Å². The minimum absolute atomic E-state index is 0.0103. The molecule has 124 valence electrons. The van der Waals surface area contributed by atoms with E-state index in [0.717, 1.165) is 24.3 Å². The largest absolute Gasteiger partial charge is 0.490 e. The van der Waals surface area contributed by atoms with Gasteiger partial charge >= 0.3 is 0 Å². The van der Waals surface area contributed by atoms with Crippen LogP contribution in [-0.2, 0) is 4.79 Å². The monoisotopic (exact) mass is 307 g/mol. The molecule has 0 bridgehead atoms. The predicted molar refractivity (Wildman–Crippen MR) is 90.7 cm³/mol. The molecule has 1 aromatic rings. The van der Waals surface area contributed by atoms with Crippen molar-refractivity contribution in [1.29, 1.82) is 0 Å². The summed E-state index contributed by atoms with van der Waals surface area (Å²) in [6, 6.07) is 5.54. The molecule has 0 saturated carbocycles. The third-order valence-electron chi connectivity index (χ3n) is 2.84. The first-order valence-corrected chi connectivity index (χ1v) is 8.05. The molecule has 0 saturated heterocycles. The van der Waals surface area contributed by atoms with Gasteiger partial charge in [0.05, 0.1) is 13.2 Å². The van der Waals surface area contributed by atoms with E-state index >= 15 is 0 Å². The molecular formula is C18H29NO3. The van der Waals surface area contributed by atoms with Gasteiger partial charge < -0.3 is 14.8 Å². The fourth-order valence-electron chi connectivity index (χ4n) is 1.93. The first-order valence-electron chi connectivity index (χ1n) is 8.05. The Morgan fingerprint density at radius 1 is 1.05 bits per heavy atom. The molecule has 0 spiro atoms. The lowest BCUT2D eigenvalue weighted by molar-refractivity contribution is -0.117. The van der Waals surface area contributed by atoms with E-state index in [1.165, 1.54) is 0 Å². The van der Waals surface area contributed by atoms with Gasteiger partial charge in [-0.05, 0) is 30.4 Å². The van der Waals surface area contributed by atoms with Gasteiger partial charge in [-0.25, -0.2) is 0 Å². The fourth-order valence-corrected chi connectivity index (χ4v) is 1.93. The van der Waals surface area contributed by atoms with E-state index in [-0.39, 0.29) is 11.3 Å². The Morgan fingerprint density at radius 2 is 1.64 bits per heavy atom. The van der Waals surface area contributed by atoms with E-state index in [2.05, 4.69) is 19.2 Å². The summed E-state index contributed by atoms with van der Waals surface area (Å²) in [6.45, 7) is 11.5. The molecule has 1 N–H and O–H groups in total. The average Bonchev–Trinajstić information content (AvgIpc) is 2.41. The van der Waals surface area contributed by atoms with Gasteiger partial charge in [0.15, 0.2) is 11.5 Å². The Morgan fingerprint density at radius 3 is 2.18 bits per heavy atom. The highest BCUT2D eigenvalue weighted by atomic mass is 16.5. The zero-order valence-corrected chi connectivity index (χ0v) is 14.5. The number of carbonyl (C=O) groups excluding carboxylic acids is 1. The SMILES string of the molecule is CCCOc1ccc(NC(=O)CC(C)(C)C)cc1OCCC. The summed E-state index contributed by atoms with van der Waals surface area (Å²) in [5.74, 6) is 1.42. The van der Waals surface area contributed by atoms with Gasteiger partial charge in [-0.2, -0.15) is 0 Å². The maximum Gasteiger partial charge on any atom is 0.224 e. The summed E-state index contributed by atoms with van der Waals surface area (Å²) in [7, 11) is 0. The molecule has 22 heavy (non-hydrogen) atoms. The van der Waals surface area contributed by atoms with Crippen molar-refractivity contribution in [3.63, 3.8) is 0 Å². The lowest BCUT2D eigenvalue weighted by Gasteiger charge is -2.18. The number of hydrogen-bond donors (Lipinski definition) is 1. The summed E-state index contributed by atoms with van der Waals surface area (Å²) in [6.07, 6.45) is 2.34. The summed E-state index contributed by atoms with van der Waals surface area (Å²) in [5, 5.41) is 2.92. The van der Waals surface area contributed by atoms with Crippen molar-refractivity contribution < 1.29 is 14.3 Å². The first-order chi connectivity index (χ1) is 10.4. The van der Waals surface area contributed by atoms with Gasteiger partial charge in [-0.1, -0.05) is 34.6 Å². The zero-order valence-electron chi connectivity index (χ0n) is 14.5. The van der Waals surface area contributed by atoms with Crippen molar-refractivity contribution in [1.82, 2.24) is 0 Å². The van der Waals surface area contributed by atoms with Gasteiger partial charge in [-0.15, -0.1) is 0 Å². The molecule has 0 aliphatic carbocycles. The number of rotatable bonds is 8. The second-order valence-corrected chi connectivity index (χ2v) is 6.64. The van der Waals surface area contributed by atoms with Crippen molar-refractivity contribution >= 4 is 11.6 Å². The molecular weight excluding hydrogens is 278 g/mol. The standard InChI is InChI=1S/C18H29NO3/c1-6-10-21-15-9-8-14(12-16(15)22-11-7-2)19-17(20)13-18(3,4)5/h8-9,12H,6-7,10-11,13H2,1-5H3,(H,19,20). The van der Waals surface area contributed by atoms with Crippen molar-refractivity contribution in [2.24, 2.45) is 5.41 Å². The van der Waals surface area contributed by atoms with Crippen LogP contribution in [0.25, 0.3) is 0 Å². The maximum atomic E-state index is 12.0. The average molecular weight is 307 g/mol. The van der Waals surface area contributed by atoms with Crippen molar-refractivity contribution in [3.8, 4) is 11.5 Å². The molecule has 0 atom stereocenters. The first kappa shape index (κ1) is 18.3. The molecule has 0 unspecified atom stereocenters. The number of benzene rings is 1. The predicted octanol–water partition coefficient (Wildman–Crippen LogP) is 4.64. The molecule has 0 heterocycles. The smallest absolute Gasteiger partial charge is 0.224 e. The second kappa shape index (κ2) is 8.66. The highest BCUT2D eigenvalue weighted by molar-refractivity contribution is 5.91. The van der Waals surface area contributed by atoms with Gasteiger partial charge in [0.25, 0.3) is 0 Å². The molecule has 0 fully saturated rings. The van der Waals surface area contributed by atoms with Gasteiger partial charge in [0.1, 0.15) is 0 Å². The third-order valence-corrected chi connectivity index (χ3v) is 2.84. The van der Waals surface area contributed by atoms with Crippen molar-refractivity contribution in [2.45, 2.75) is 53.9 Å². The summed E-state index contributed by atoms with van der Waals surface area (Å²) in [4.78, 5) is 12.0. The van der Waals surface area contributed by atoms with Gasteiger partial charge in [0, 0.05) is 18.2 Å². The van der Waals surface area contributed by atoms with Crippen LogP contribution in [0.5, 0.6) is 11.5 Å². The molecule has 0 aromatic heterocycles. The van der Waals surface area contributed by atoms with Crippen LogP contribution in [0.3, 0.4) is 0 Å². The summed E-state index contributed by atoms with van der Waals surface area (Å²) < 4.78 is 11.4. The maximum absolute atomic E-state index is 12.0. The highest BCUT2D eigenvalue weighted by Gasteiger charge is 2.16. The number of hydrogen-bond acceptors (Lipinski definition) is 3. The Hall–Kier alpha value is -1.71. The fraction of sp³-hybridized carbons (Fsp3) is 0.611. The zero-order chi connectivity index (χ0) is 16.6. The Balaban J connectivity index is 2.81.